The summed E-state index contributed by atoms with van der Waals surface area (Å²) in [7, 11) is 1.61. The van der Waals surface area contributed by atoms with Crippen LogP contribution in [0.5, 0.6) is 0 Å². The zero-order valence-electron chi connectivity index (χ0n) is 16.7. The minimum Gasteiger partial charge on any atom is -0.449 e. The minimum absolute atomic E-state index is 0.381. The third kappa shape index (κ3) is 5.79. The predicted molar refractivity (Wildman–Crippen MR) is 110 cm³/mol. The Morgan fingerprint density at radius 2 is 1.72 bits per heavy atom. The van der Waals surface area contributed by atoms with E-state index in [9.17, 15) is 9.59 Å². The van der Waals surface area contributed by atoms with Gasteiger partial charge in [0, 0.05) is 31.6 Å². The molecule has 3 rings (SSSR count). The van der Waals surface area contributed by atoms with Crippen LogP contribution >= 0.6 is 0 Å². The molecule has 1 heterocycles. The third-order valence-corrected chi connectivity index (χ3v) is 4.66. The molecule has 0 saturated carbocycles. The number of ether oxygens (including phenoxy) is 3. The summed E-state index contributed by atoms with van der Waals surface area (Å²) in [6, 6.07) is 14.5. The van der Waals surface area contributed by atoms with Gasteiger partial charge in [0.2, 0.25) is 0 Å². The number of anilines is 2. The maximum absolute atomic E-state index is 12.4. The Morgan fingerprint density at radius 3 is 2.34 bits per heavy atom. The normalized spacial score (nSPS) is 14.9. The number of esters is 1. The molecule has 1 amide bonds. The average molecular weight is 398 g/mol. The number of hydrogen-bond acceptors (Lipinski definition) is 6. The van der Waals surface area contributed by atoms with E-state index in [0.29, 0.717) is 17.9 Å². The Labute approximate surface area is 170 Å². The van der Waals surface area contributed by atoms with Gasteiger partial charge in [-0.25, -0.2) is 4.79 Å². The lowest BCUT2D eigenvalue weighted by Gasteiger charge is -2.28. The van der Waals surface area contributed by atoms with Gasteiger partial charge in [0.15, 0.2) is 6.10 Å². The molecule has 0 radical (unpaired) electrons. The molecule has 7 nitrogen and oxygen atoms in total. The summed E-state index contributed by atoms with van der Waals surface area (Å²) in [5.41, 5.74) is 3.08. The second kappa shape index (κ2) is 10.0. The van der Waals surface area contributed by atoms with Crippen molar-refractivity contribution in [3.05, 3.63) is 59.7 Å². The number of hydrogen-bond donors (Lipinski definition) is 1. The Hall–Kier alpha value is -2.90. The van der Waals surface area contributed by atoms with Gasteiger partial charge < -0.3 is 24.4 Å². The SMILES string of the molecule is COCc1ccc(C(=O)O[C@H](C)C(=O)Nc2ccc(N3CCOCC3)cc2)cc1. The number of nitrogens with zero attached hydrogens (tertiary/aromatic N) is 1. The molecule has 154 valence electrons. The van der Waals surface area contributed by atoms with Crippen molar-refractivity contribution in [3.63, 3.8) is 0 Å². The first-order valence-electron chi connectivity index (χ1n) is 9.59. The highest BCUT2D eigenvalue weighted by molar-refractivity contribution is 5.97. The van der Waals surface area contributed by atoms with E-state index in [1.807, 2.05) is 24.3 Å². The van der Waals surface area contributed by atoms with Crippen LogP contribution in [0.3, 0.4) is 0 Å². The first-order chi connectivity index (χ1) is 14.1. The Bertz CT molecular complexity index is 814. The van der Waals surface area contributed by atoms with Crippen LogP contribution in [-0.2, 0) is 25.6 Å². The first-order valence-corrected chi connectivity index (χ1v) is 9.59. The second-order valence-corrected chi connectivity index (χ2v) is 6.81. The van der Waals surface area contributed by atoms with Gasteiger partial charge in [-0.3, -0.25) is 4.79 Å². The van der Waals surface area contributed by atoms with Gasteiger partial charge in [0.05, 0.1) is 25.4 Å². The van der Waals surface area contributed by atoms with Crippen molar-refractivity contribution in [1.29, 1.82) is 0 Å². The summed E-state index contributed by atoms with van der Waals surface area (Å²) in [5.74, 6) is -0.923. The van der Waals surface area contributed by atoms with Crippen LogP contribution in [-0.4, -0.2) is 51.4 Å². The molecule has 1 saturated heterocycles. The average Bonchev–Trinajstić information content (AvgIpc) is 2.75. The molecule has 0 spiro atoms. The van der Waals surface area contributed by atoms with Gasteiger partial charge in [-0.2, -0.15) is 0 Å². The molecule has 0 aliphatic carbocycles. The summed E-state index contributed by atoms with van der Waals surface area (Å²) in [6.45, 7) is 5.16. The number of amides is 1. The van der Waals surface area contributed by atoms with Crippen LogP contribution in [0, 0.1) is 0 Å². The topological polar surface area (TPSA) is 77.1 Å². The standard InChI is InChI=1S/C22H26N2O5/c1-16(29-22(26)18-5-3-17(4-6-18)15-27-2)21(25)23-19-7-9-20(10-8-19)24-11-13-28-14-12-24/h3-10,16H,11-15H2,1-2H3,(H,23,25)/t16-/m1/s1. The van der Waals surface area contributed by atoms with Crippen molar-refractivity contribution in [2.75, 3.05) is 43.6 Å². The zero-order chi connectivity index (χ0) is 20.6. The van der Waals surface area contributed by atoms with E-state index in [-0.39, 0.29) is 5.91 Å². The lowest BCUT2D eigenvalue weighted by Crippen LogP contribution is -2.36. The molecular weight excluding hydrogens is 372 g/mol. The lowest BCUT2D eigenvalue weighted by atomic mass is 10.1. The number of rotatable bonds is 7. The summed E-state index contributed by atoms with van der Waals surface area (Å²) in [6.07, 6.45) is -0.917. The lowest BCUT2D eigenvalue weighted by molar-refractivity contribution is -0.123. The third-order valence-electron chi connectivity index (χ3n) is 4.66. The molecule has 1 aliphatic rings. The number of methoxy groups -OCH3 is 1. The van der Waals surface area contributed by atoms with Gasteiger partial charge in [-0.05, 0) is 48.9 Å². The largest absolute Gasteiger partial charge is 0.449 e. The summed E-state index contributed by atoms with van der Waals surface area (Å²) >= 11 is 0. The highest BCUT2D eigenvalue weighted by Crippen LogP contribution is 2.19. The number of carbonyl (C=O) groups is 2. The van der Waals surface area contributed by atoms with E-state index in [1.165, 1.54) is 0 Å². The summed E-state index contributed by atoms with van der Waals surface area (Å²) in [4.78, 5) is 26.9. The maximum atomic E-state index is 12.4. The zero-order valence-corrected chi connectivity index (χ0v) is 16.7. The van der Waals surface area contributed by atoms with Crippen molar-refractivity contribution in [3.8, 4) is 0 Å². The predicted octanol–water partition coefficient (Wildman–Crippen LogP) is 2.85. The van der Waals surface area contributed by atoms with E-state index in [0.717, 1.165) is 37.6 Å². The van der Waals surface area contributed by atoms with E-state index >= 15 is 0 Å². The van der Waals surface area contributed by atoms with Crippen molar-refractivity contribution in [1.82, 2.24) is 0 Å². The van der Waals surface area contributed by atoms with Gasteiger partial charge >= 0.3 is 5.97 Å². The molecule has 0 bridgehead atoms. The van der Waals surface area contributed by atoms with E-state index in [2.05, 4.69) is 10.2 Å². The van der Waals surface area contributed by atoms with Gasteiger partial charge in [-0.1, -0.05) is 12.1 Å². The van der Waals surface area contributed by atoms with Crippen LogP contribution in [0.25, 0.3) is 0 Å². The van der Waals surface area contributed by atoms with Gasteiger partial charge in [0.1, 0.15) is 0 Å². The Morgan fingerprint density at radius 1 is 1.07 bits per heavy atom. The molecule has 2 aromatic carbocycles. The summed E-state index contributed by atoms with van der Waals surface area (Å²) < 4.78 is 15.7. The molecule has 0 aromatic heterocycles. The van der Waals surface area contributed by atoms with Crippen molar-refractivity contribution in [2.24, 2.45) is 0 Å². The molecule has 7 heteroatoms. The monoisotopic (exact) mass is 398 g/mol. The fourth-order valence-corrected chi connectivity index (χ4v) is 3.01. The quantitative estimate of drug-likeness (QED) is 0.723. The van der Waals surface area contributed by atoms with E-state index in [4.69, 9.17) is 14.2 Å². The molecule has 1 N–H and O–H groups in total. The molecule has 0 unspecified atom stereocenters. The van der Waals surface area contributed by atoms with Crippen molar-refractivity contribution >= 4 is 23.3 Å². The van der Waals surface area contributed by atoms with Crippen molar-refractivity contribution < 1.29 is 23.8 Å². The second-order valence-electron chi connectivity index (χ2n) is 6.81. The number of benzene rings is 2. The molecule has 1 fully saturated rings. The van der Waals surface area contributed by atoms with Crippen LogP contribution in [0.15, 0.2) is 48.5 Å². The van der Waals surface area contributed by atoms with Crippen LogP contribution < -0.4 is 10.2 Å². The van der Waals surface area contributed by atoms with E-state index < -0.39 is 12.1 Å². The first kappa shape index (κ1) is 20.8. The smallest absolute Gasteiger partial charge is 0.338 e. The number of carbonyl (C=O) groups excluding carboxylic acids is 2. The number of morpholine rings is 1. The van der Waals surface area contributed by atoms with Crippen molar-refractivity contribution in [2.45, 2.75) is 19.6 Å². The van der Waals surface area contributed by atoms with E-state index in [1.54, 1.807) is 38.3 Å². The van der Waals surface area contributed by atoms with Crippen LogP contribution in [0.4, 0.5) is 11.4 Å². The fourth-order valence-electron chi connectivity index (χ4n) is 3.01. The number of nitrogens with one attached hydrogen (secondary N) is 1. The molecule has 2 aromatic rings. The highest BCUT2D eigenvalue weighted by atomic mass is 16.5. The highest BCUT2D eigenvalue weighted by Gasteiger charge is 2.19. The van der Waals surface area contributed by atoms with Gasteiger partial charge in [0.25, 0.3) is 5.91 Å². The van der Waals surface area contributed by atoms with Gasteiger partial charge in [-0.15, -0.1) is 0 Å². The molecular formula is C22H26N2O5. The summed E-state index contributed by atoms with van der Waals surface area (Å²) in [5, 5.41) is 2.78. The van der Waals surface area contributed by atoms with Crippen LogP contribution in [0.1, 0.15) is 22.8 Å². The molecule has 1 aliphatic heterocycles. The van der Waals surface area contributed by atoms with Crippen LogP contribution in [0.2, 0.25) is 0 Å². The molecule has 29 heavy (non-hydrogen) atoms. The Balaban J connectivity index is 1.52. The molecule has 1 atom stereocenters. The minimum atomic E-state index is -0.917. The maximum Gasteiger partial charge on any atom is 0.338 e. The Kier molecular flexibility index (Phi) is 7.21. The fraction of sp³-hybridized carbons (Fsp3) is 0.364.